The van der Waals surface area contributed by atoms with Crippen LogP contribution in [0, 0.1) is 5.82 Å². The summed E-state index contributed by atoms with van der Waals surface area (Å²) in [6, 6.07) is 1.66. The Morgan fingerprint density at radius 1 is 1.29 bits per heavy atom. The highest BCUT2D eigenvalue weighted by molar-refractivity contribution is 7.90. The minimum atomic E-state index is -4.09. The van der Waals surface area contributed by atoms with Gasteiger partial charge in [-0.15, -0.1) is 0 Å². The molecule has 0 heterocycles. The Morgan fingerprint density at radius 3 is 2.38 bits per heavy atom. The van der Waals surface area contributed by atoms with Crippen LogP contribution in [0.2, 0.25) is 5.02 Å². The van der Waals surface area contributed by atoms with E-state index in [1.807, 2.05) is 0 Å². The van der Waals surface area contributed by atoms with Crippen LogP contribution in [0.3, 0.4) is 0 Å². The molecule has 0 aromatic heterocycles. The third-order valence-corrected chi connectivity index (χ3v) is 6.31. The van der Waals surface area contributed by atoms with Crippen LogP contribution in [0.5, 0.6) is 0 Å². The Hall–Kier alpha value is -0.940. The molecule has 0 spiro atoms. The molecular formula is C10H15ClFN3O4S2. The topological polar surface area (TPSA) is 110 Å². The lowest BCUT2D eigenvalue weighted by Crippen LogP contribution is -2.34. The van der Waals surface area contributed by atoms with Gasteiger partial charge in [-0.3, -0.25) is 0 Å². The second-order valence-electron chi connectivity index (χ2n) is 4.30. The van der Waals surface area contributed by atoms with Gasteiger partial charge in [0.25, 0.3) is 0 Å². The fourth-order valence-electron chi connectivity index (χ4n) is 1.32. The van der Waals surface area contributed by atoms with Crippen molar-refractivity contribution >= 4 is 37.3 Å². The maximum absolute atomic E-state index is 13.1. The predicted molar refractivity (Wildman–Crippen MR) is 78.5 cm³/mol. The van der Waals surface area contributed by atoms with E-state index in [2.05, 4.69) is 4.72 Å². The molecule has 0 amide bonds. The lowest BCUT2D eigenvalue weighted by molar-refractivity contribution is 0.519. The summed E-state index contributed by atoms with van der Waals surface area (Å²) >= 11 is 5.66. The number of nitrogens with one attached hydrogen (secondary N) is 1. The second-order valence-corrected chi connectivity index (χ2v) is 8.75. The Balaban J connectivity index is 2.92. The third kappa shape index (κ3) is 4.51. The Bertz CT molecular complexity index is 735. The van der Waals surface area contributed by atoms with E-state index in [4.69, 9.17) is 17.3 Å². The number of nitrogens with zero attached hydrogens (tertiary/aromatic N) is 1. The van der Waals surface area contributed by atoms with Crippen LogP contribution in [0.4, 0.5) is 10.1 Å². The third-order valence-electron chi connectivity index (χ3n) is 2.55. The van der Waals surface area contributed by atoms with Crippen molar-refractivity contribution in [2.24, 2.45) is 0 Å². The van der Waals surface area contributed by atoms with Crippen LogP contribution in [0.1, 0.15) is 0 Å². The summed E-state index contributed by atoms with van der Waals surface area (Å²) in [6.07, 6.45) is 0. The van der Waals surface area contributed by atoms with Crippen LogP contribution < -0.4 is 10.5 Å². The number of halogens is 2. The molecule has 0 radical (unpaired) electrons. The molecule has 1 rings (SSSR count). The lowest BCUT2D eigenvalue weighted by Gasteiger charge is -2.12. The van der Waals surface area contributed by atoms with E-state index >= 15 is 0 Å². The van der Waals surface area contributed by atoms with Crippen LogP contribution in [0.25, 0.3) is 0 Å². The molecule has 7 nitrogen and oxygen atoms in total. The minimum absolute atomic E-state index is 0.343. The maximum Gasteiger partial charge on any atom is 0.242 e. The van der Waals surface area contributed by atoms with Crippen LogP contribution >= 0.6 is 11.6 Å². The summed E-state index contributed by atoms with van der Waals surface area (Å²) in [5, 5.41) is -0.343. The molecule has 0 aliphatic heterocycles. The number of benzene rings is 1. The van der Waals surface area contributed by atoms with Gasteiger partial charge in [-0.05, 0) is 12.1 Å². The smallest absolute Gasteiger partial charge is 0.242 e. The molecule has 0 atom stereocenters. The lowest BCUT2D eigenvalue weighted by atomic mass is 10.3. The molecule has 21 heavy (non-hydrogen) atoms. The average Bonchev–Trinajstić information content (AvgIpc) is 2.32. The molecule has 11 heteroatoms. The van der Waals surface area contributed by atoms with E-state index < -0.39 is 36.5 Å². The predicted octanol–water partition coefficient (Wildman–Crippen LogP) is 0.231. The summed E-state index contributed by atoms with van der Waals surface area (Å²) in [7, 11) is -4.96. The average molecular weight is 360 g/mol. The molecule has 0 aliphatic carbocycles. The van der Waals surface area contributed by atoms with E-state index in [1.165, 1.54) is 14.1 Å². The van der Waals surface area contributed by atoms with Crippen LogP contribution in [0.15, 0.2) is 17.0 Å². The van der Waals surface area contributed by atoms with Gasteiger partial charge in [0.05, 0.1) is 16.5 Å². The van der Waals surface area contributed by atoms with Gasteiger partial charge in [-0.1, -0.05) is 11.6 Å². The molecular weight excluding hydrogens is 345 g/mol. The number of hydrogen-bond acceptors (Lipinski definition) is 5. The van der Waals surface area contributed by atoms with E-state index in [0.29, 0.717) is 0 Å². The van der Waals surface area contributed by atoms with Gasteiger partial charge in [0.2, 0.25) is 20.0 Å². The van der Waals surface area contributed by atoms with Crippen molar-refractivity contribution in [3.05, 3.63) is 23.0 Å². The number of nitrogen functional groups attached to an aromatic ring is 1. The number of anilines is 1. The molecule has 0 saturated carbocycles. The zero-order chi connectivity index (χ0) is 16.4. The standard InChI is InChI=1S/C10H15ClFN3O4S2/c1-15(2)20(16,17)4-3-14-21(18,19)10-6-9(13)8(12)5-7(10)11/h5-6,14H,3-4,13H2,1-2H3. The second kappa shape index (κ2) is 6.44. The fraction of sp³-hybridized carbons (Fsp3) is 0.400. The molecule has 0 fully saturated rings. The minimum Gasteiger partial charge on any atom is -0.396 e. The van der Waals surface area contributed by atoms with Gasteiger partial charge >= 0.3 is 0 Å². The van der Waals surface area contributed by atoms with Gasteiger partial charge in [0.1, 0.15) is 10.7 Å². The molecule has 0 saturated heterocycles. The molecule has 1 aromatic rings. The number of sulfonamides is 2. The summed E-state index contributed by atoms with van der Waals surface area (Å²) in [6.45, 7) is -0.351. The zero-order valence-corrected chi connectivity index (χ0v) is 13.7. The van der Waals surface area contributed by atoms with Gasteiger partial charge in [0.15, 0.2) is 0 Å². The molecule has 0 unspecified atom stereocenters. The van der Waals surface area contributed by atoms with Crippen molar-refractivity contribution in [2.45, 2.75) is 4.90 Å². The fourth-order valence-corrected chi connectivity index (χ4v) is 3.75. The Kier molecular flexibility index (Phi) is 5.56. The summed E-state index contributed by atoms with van der Waals surface area (Å²) in [5.41, 5.74) is 4.92. The van der Waals surface area contributed by atoms with Gasteiger partial charge in [0, 0.05) is 20.6 Å². The van der Waals surface area contributed by atoms with Crippen molar-refractivity contribution in [2.75, 3.05) is 32.1 Å². The number of nitrogens with two attached hydrogens (primary N) is 1. The SMILES string of the molecule is CN(C)S(=O)(=O)CCNS(=O)(=O)c1cc(N)c(F)cc1Cl. The highest BCUT2D eigenvalue weighted by Gasteiger charge is 2.21. The zero-order valence-electron chi connectivity index (χ0n) is 11.3. The summed E-state index contributed by atoms with van der Waals surface area (Å²) in [4.78, 5) is -0.412. The van der Waals surface area contributed by atoms with E-state index in [1.54, 1.807) is 0 Å². The Labute approximate surface area is 128 Å². The van der Waals surface area contributed by atoms with Crippen molar-refractivity contribution in [1.82, 2.24) is 9.03 Å². The highest BCUT2D eigenvalue weighted by Crippen LogP contribution is 2.26. The van der Waals surface area contributed by atoms with Crippen molar-refractivity contribution < 1.29 is 21.2 Å². The molecule has 3 N–H and O–H groups in total. The molecule has 0 aliphatic rings. The van der Waals surface area contributed by atoms with Crippen molar-refractivity contribution in [3.63, 3.8) is 0 Å². The first kappa shape index (κ1) is 18.1. The van der Waals surface area contributed by atoms with E-state index in [9.17, 15) is 21.2 Å². The van der Waals surface area contributed by atoms with Gasteiger partial charge in [-0.25, -0.2) is 30.3 Å². The molecule has 0 bridgehead atoms. The first-order chi connectivity index (χ1) is 9.47. The molecule has 120 valence electrons. The van der Waals surface area contributed by atoms with Crippen LogP contribution in [-0.4, -0.2) is 47.5 Å². The van der Waals surface area contributed by atoms with E-state index in [-0.39, 0.29) is 17.3 Å². The first-order valence-electron chi connectivity index (χ1n) is 5.62. The monoisotopic (exact) mass is 359 g/mol. The Morgan fingerprint density at radius 2 is 1.86 bits per heavy atom. The van der Waals surface area contributed by atoms with Crippen molar-refractivity contribution in [3.8, 4) is 0 Å². The summed E-state index contributed by atoms with van der Waals surface area (Å²) < 4.78 is 63.2. The quantitative estimate of drug-likeness (QED) is 0.706. The van der Waals surface area contributed by atoms with Crippen LogP contribution in [-0.2, 0) is 20.0 Å². The summed E-state index contributed by atoms with van der Waals surface area (Å²) in [5.74, 6) is -1.26. The molecule has 1 aromatic carbocycles. The normalized spacial score (nSPS) is 12.8. The van der Waals surface area contributed by atoms with Gasteiger partial charge < -0.3 is 5.73 Å². The van der Waals surface area contributed by atoms with Crippen molar-refractivity contribution in [1.29, 1.82) is 0 Å². The largest absolute Gasteiger partial charge is 0.396 e. The van der Waals surface area contributed by atoms with Gasteiger partial charge in [-0.2, -0.15) is 0 Å². The maximum atomic E-state index is 13.1. The number of rotatable bonds is 6. The first-order valence-corrected chi connectivity index (χ1v) is 9.09. The van der Waals surface area contributed by atoms with E-state index in [0.717, 1.165) is 16.4 Å². The highest BCUT2D eigenvalue weighted by atomic mass is 35.5. The number of hydrogen-bond donors (Lipinski definition) is 2.